The van der Waals surface area contributed by atoms with E-state index in [1.165, 1.54) is 0 Å². The molecule has 0 radical (unpaired) electrons. The minimum atomic E-state index is -4.24. The van der Waals surface area contributed by atoms with Crippen LogP contribution in [-0.2, 0) is 4.57 Å². The van der Waals surface area contributed by atoms with Gasteiger partial charge >= 0.3 is 7.60 Å². The first-order chi connectivity index (χ1) is 10.9. The van der Waals surface area contributed by atoms with Crippen molar-refractivity contribution in [3.05, 3.63) is 18.5 Å². The largest absolute Gasteiger partial charge is 0.396 e. The Hall–Kier alpha value is -2.00. The number of aromatic nitrogens is 4. The van der Waals surface area contributed by atoms with E-state index in [0.29, 0.717) is 11.2 Å². The predicted octanol–water partition coefficient (Wildman–Crippen LogP) is 0.0651. The minimum absolute atomic E-state index is 0.0129. The lowest BCUT2D eigenvalue weighted by Crippen LogP contribution is -2.10. The summed E-state index contributed by atoms with van der Waals surface area (Å²) in [5, 5.41) is 11.8. The molecule has 2 atom stereocenters. The molecule has 0 unspecified atom stereocenters. The molecule has 0 bridgehead atoms. The van der Waals surface area contributed by atoms with Crippen LogP contribution in [0.1, 0.15) is 12.5 Å². The SMILES string of the molecule is Nc1nc(NCP(=O)(O)O)c2ncn([C@H]3C=C[C@@H](CO)C3)c2n1. The van der Waals surface area contributed by atoms with Gasteiger partial charge in [0.1, 0.15) is 6.29 Å². The molecule has 23 heavy (non-hydrogen) atoms. The van der Waals surface area contributed by atoms with Crippen LogP contribution in [0.5, 0.6) is 0 Å². The molecule has 0 aliphatic heterocycles. The third kappa shape index (κ3) is 3.35. The summed E-state index contributed by atoms with van der Waals surface area (Å²) in [5.41, 5.74) is 6.54. The number of nitrogens with one attached hydrogen (secondary N) is 1. The number of aliphatic hydroxyl groups is 1. The van der Waals surface area contributed by atoms with E-state index in [1.54, 1.807) is 6.33 Å². The van der Waals surface area contributed by atoms with Crippen molar-refractivity contribution in [2.45, 2.75) is 12.5 Å². The standard InChI is InChI=1S/C12H17N6O4P/c13-12-16-10(15-6-23(20,21)22)9-11(17-12)18(5-14-9)8-2-1-7(3-8)4-19/h1-2,5,7-8,19H,3-4,6H2,(H2,20,21,22)(H3,13,15,16,17)/t7-,8+/m1/s1. The zero-order chi connectivity index (χ0) is 16.6. The Morgan fingerprint density at radius 3 is 2.83 bits per heavy atom. The Morgan fingerprint density at radius 1 is 1.39 bits per heavy atom. The number of imidazole rings is 1. The zero-order valence-electron chi connectivity index (χ0n) is 12.1. The molecule has 124 valence electrons. The molecular formula is C12H17N6O4P. The highest BCUT2D eigenvalue weighted by molar-refractivity contribution is 7.51. The van der Waals surface area contributed by atoms with Gasteiger partial charge in [-0.1, -0.05) is 12.2 Å². The van der Waals surface area contributed by atoms with Gasteiger partial charge in [0.15, 0.2) is 17.0 Å². The van der Waals surface area contributed by atoms with E-state index in [1.807, 2.05) is 16.7 Å². The first-order valence-electron chi connectivity index (χ1n) is 6.95. The number of fused-ring (bicyclic) bond motifs is 1. The lowest BCUT2D eigenvalue weighted by atomic mass is 10.1. The van der Waals surface area contributed by atoms with Gasteiger partial charge in [-0.3, -0.25) is 4.57 Å². The number of nitrogens with two attached hydrogens (primary N) is 1. The molecule has 0 aromatic carbocycles. The van der Waals surface area contributed by atoms with Crippen molar-refractivity contribution in [1.29, 1.82) is 0 Å². The molecule has 11 heteroatoms. The summed E-state index contributed by atoms with van der Waals surface area (Å²) in [6.45, 7) is 0.0752. The highest BCUT2D eigenvalue weighted by Gasteiger charge is 2.23. The molecule has 0 spiro atoms. The Bertz CT molecular complexity index is 800. The van der Waals surface area contributed by atoms with Gasteiger partial charge in [-0.2, -0.15) is 9.97 Å². The first kappa shape index (κ1) is 15.9. The number of hydrogen-bond donors (Lipinski definition) is 5. The van der Waals surface area contributed by atoms with Crippen LogP contribution in [0.2, 0.25) is 0 Å². The summed E-state index contributed by atoms with van der Waals surface area (Å²) in [6.07, 6.45) is 5.63. The van der Waals surface area contributed by atoms with Crippen molar-refractivity contribution >= 4 is 30.5 Å². The fourth-order valence-electron chi connectivity index (χ4n) is 2.57. The van der Waals surface area contributed by atoms with Crippen LogP contribution >= 0.6 is 7.60 Å². The van der Waals surface area contributed by atoms with Crippen LogP contribution in [0.15, 0.2) is 18.5 Å². The van der Waals surface area contributed by atoms with Crippen LogP contribution in [0.3, 0.4) is 0 Å². The molecule has 6 N–H and O–H groups in total. The number of hydrogen-bond acceptors (Lipinski definition) is 7. The first-order valence-corrected chi connectivity index (χ1v) is 8.75. The number of nitrogen functional groups attached to an aromatic ring is 1. The van der Waals surface area contributed by atoms with Gasteiger partial charge in [0.05, 0.1) is 12.4 Å². The number of allylic oxidation sites excluding steroid dienone is 1. The zero-order valence-corrected chi connectivity index (χ0v) is 13.0. The van der Waals surface area contributed by atoms with Crippen molar-refractivity contribution in [2.24, 2.45) is 5.92 Å². The van der Waals surface area contributed by atoms with E-state index >= 15 is 0 Å². The lowest BCUT2D eigenvalue weighted by molar-refractivity contribution is 0.244. The molecule has 10 nitrogen and oxygen atoms in total. The summed E-state index contributed by atoms with van der Waals surface area (Å²) in [5.74, 6) is 0.243. The summed E-state index contributed by atoms with van der Waals surface area (Å²) in [6, 6.07) is -0.0129. The molecule has 0 amide bonds. The Kier molecular flexibility index (Phi) is 4.07. The van der Waals surface area contributed by atoms with Gasteiger partial charge in [-0.15, -0.1) is 0 Å². The normalized spacial score (nSPS) is 21.2. The van der Waals surface area contributed by atoms with E-state index in [0.717, 1.165) is 6.42 Å². The van der Waals surface area contributed by atoms with Crippen molar-refractivity contribution in [3.63, 3.8) is 0 Å². The fourth-order valence-corrected chi connectivity index (χ4v) is 2.93. The minimum Gasteiger partial charge on any atom is -0.396 e. The lowest BCUT2D eigenvalue weighted by Gasteiger charge is -2.13. The Labute approximate surface area is 131 Å². The average molecular weight is 340 g/mol. The van der Waals surface area contributed by atoms with Gasteiger partial charge in [0, 0.05) is 12.5 Å². The molecule has 2 heterocycles. The molecule has 0 saturated carbocycles. The number of anilines is 2. The second kappa shape index (κ2) is 5.89. The number of nitrogens with zero attached hydrogens (tertiary/aromatic N) is 4. The molecule has 2 aromatic heterocycles. The third-order valence-corrected chi connectivity index (χ3v) is 4.20. The van der Waals surface area contributed by atoms with E-state index in [4.69, 9.17) is 15.5 Å². The van der Waals surface area contributed by atoms with Crippen molar-refractivity contribution < 1.29 is 19.5 Å². The second-order valence-corrected chi connectivity index (χ2v) is 7.03. The van der Waals surface area contributed by atoms with Crippen LogP contribution in [-0.4, -0.2) is 47.3 Å². The Balaban J connectivity index is 1.96. The quantitative estimate of drug-likeness (QED) is 0.375. The number of rotatable bonds is 5. The molecule has 0 saturated heterocycles. The average Bonchev–Trinajstić information content (AvgIpc) is 3.09. The van der Waals surface area contributed by atoms with Gasteiger partial charge in [-0.25, -0.2) is 4.98 Å². The van der Waals surface area contributed by atoms with Gasteiger partial charge in [0.25, 0.3) is 0 Å². The molecule has 0 fully saturated rings. The number of aliphatic hydroxyl groups excluding tert-OH is 1. The van der Waals surface area contributed by atoms with Crippen LogP contribution < -0.4 is 11.1 Å². The smallest absolute Gasteiger partial charge is 0.344 e. The van der Waals surface area contributed by atoms with Gasteiger partial charge < -0.3 is 30.5 Å². The highest BCUT2D eigenvalue weighted by atomic mass is 31.2. The van der Waals surface area contributed by atoms with E-state index in [-0.39, 0.29) is 30.3 Å². The third-order valence-electron chi connectivity index (χ3n) is 3.63. The van der Waals surface area contributed by atoms with Gasteiger partial charge in [0.2, 0.25) is 5.95 Å². The van der Waals surface area contributed by atoms with E-state index in [9.17, 15) is 9.67 Å². The van der Waals surface area contributed by atoms with Gasteiger partial charge in [-0.05, 0) is 6.42 Å². The topological polar surface area (TPSA) is 159 Å². The summed E-state index contributed by atoms with van der Waals surface area (Å²) >= 11 is 0. The second-order valence-electron chi connectivity index (χ2n) is 5.38. The molecule has 3 rings (SSSR count). The fraction of sp³-hybridized carbons (Fsp3) is 0.417. The molecular weight excluding hydrogens is 323 g/mol. The molecule has 1 aliphatic carbocycles. The van der Waals surface area contributed by atoms with E-state index < -0.39 is 13.9 Å². The summed E-state index contributed by atoms with van der Waals surface area (Å²) in [4.78, 5) is 30.3. The van der Waals surface area contributed by atoms with Crippen LogP contribution in [0, 0.1) is 5.92 Å². The maximum absolute atomic E-state index is 11.0. The van der Waals surface area contributed by atoms with E-state index in [2.05, 4.69) is 20.3 Å². The monoisotopic (exact) mass is 340 g/mol. The maximum atomic E-state index is 11.0. The van der Waals surface area contributed by atoms with Crippen molar-refractivity contribution in [2.75, 3.05) is 23.9 Å². The summed E-state index contributed by atoms with van der Waals surface area (Å²) in [7, 11) is -4.24. The molecule has 1 aliphatic rings. The Morgan fingerprint density at radius 2 is 2.17 bits per heavy atom. The predicted molar refractivity (Wildman–Crippen MR) is 83.6 cm³/mol. The maximum Gasteiger partial charge on any atom is 0.344 e. The van der Waals surface area contributed by atoms with Crippen molar-refractivity contribution in [3.8, 4) is 0 Å². The summed E-state index contributed by atoms with van der Waals surface area (Å²) < 4.78 is 12.8. The highest BCUT2D eigenvalue weighted by Crippen LogP contribution is 2.35. The van der Waals surface area contributed by atoms with Crippen LogP contribution in [0.25, 0.3) is 11.2 Å². The van der Waals surface area contributed by atoms with Crippen molar-refractivity contribution in [1.82, 2.24) is 19.5 Å². The van der Waals surface area contributed by atoms with Crippen LogP contribution in [0.4, 0.5) is 11.8 Å². The molecule has 2 aromatic rings.